The van der Waals surface area contributed by atoms with Gasteiger partial charge in [-0.2, -0.15) is 0 Å². The van der Waals surface area contributed by atoms with E-state index in [1.54, 1.807) is 0 Å². The predicted molar refractivity (Wildman–Crippen MR) is 47.8 cm³/mol. The van der Waals surface area contributed by atoms with E-state index in [4.69, 9.17) is 14.2 Å². The molecule has 0 saturated heterocycles. The summed E-state index contributed by atoms with van der Waals surface area (Å²) in [7, 11) is 0. The topological polar surface area (TPSA) is 27.7 Å². The van der Waals surface area contributed by atoms with Crippen molar-refractivity contribution in [2.45, 2.75) is 6.42 Å². The Balaban J connectivity index is 2.73. The molecule has 0 aromatic rings. The van der Waals surface area contributed by atoms with E-state index >= 15 is 0 Å². The number of ether oxygens (including phenoxy) is 3. The largest absolute Gasteiger partial charge is 0.379 e. The molecule has 0 aliphatic heterocycles. The van der Waals surface area contributed by atoms with Crippen LogP contribution in [-0.2, 0) is 14.2 Å². The van der Waals surface area contributed by atoms with Crippen molar-refractivity contribution in [2.75, 3.05) is 39.6 Å². The molecule has 0 N–H and O–H groups in total. The fourth-order valence-electron chi connectivity index (χ4n) is 0.644. The van der Waals surface area contributed by atoms with Gasteiger partial charge >= 0.3 is 0 Å². The molecule has 0 unspecified atom stereocenters. The normalized spacial score (nSPS) is 10.5. The van der Waals surface area contributed by atoms with Gasteiger partial charge in [-0.3, -0.25) is 0 Å². The highest BCUT2D eigenvalue weighted by atomic mass is 16.5. The summed E-state index contributed by atoms with van der Waals surface area (Å²) in [5, 5.41) is 0. The molecule has 0 aliphatic rings. The van der Waals surface area contributed by atoms with E-state index in [0.717, 1.165) is 6.42 Å². The number of hydrogen-bond donors (Lipinski definition) is 0. The minimum absolute atomic E-state index is 0.501. The van der Waals surface area contributed by atoms with Crippen LogP contribution in [0.25, 0.3) is 0 Å². The Morgan fingerprint density at radius 2 is 1.17 bits per heavy atom. The lowest BCUT2D eigenvalue weighted by atomic mass is 10.5. The van der Waals surface area contributed by atoms with Gasteiger partial charge in [-0.15, -0.1) is 0 Å². The second kappa shape index (κ2) is 10.9. The van der Waals surface area contributed by atoms with Gasteiger partial charge in [-0.05, 0) is 13.3 Å². The molecular weight excluding hydrogens is 156 g/mol. The molecule has 0 fully saturated rings. The third kappa shape index (κ3) is 9.88. The van der Waals surface area contributed by atoms with Gasteiger partial charge in [0.2, 0.25) is 0 Å². The molecule has 0 bridgehead atoms. The minimum Gasteiger partial charge on any atom is -0.379 e. The maximum atomic E-state index is 5.18. The van der Waals surface area contributed by atoms with Crippen LogP contribution in [0.15, 0.2) is 0 Å². The predicted octanol–water partition coefficient (Wildman–Crippen LogP) is 1.09. The van der Waals surface area contributed by atoms with E-state index in [-0.39, 0.29) is 0 Å². The molecule has 3 nitrogen and oxygen atoms in total. The monoisotopic (exact) mass is 174 g/mol. The first-order chi connectivity index (χ1) is 5.91. The Kier molecular flexibility index (Phi) is 10.8. The first-order valence-corrected chi connectivity index (χ1v) is 4.23. The van der Waals surface area contributed by atoms with Crippen molar-refractivity contribution in [3.8, 4) is 0 Å². The van der Waals surface area contributed by atoms with Crippen LogP contribution in [0.5, 0.6) is 0 Å². The molecular formula is C9H18O3. The van der Waals surface area contributed by atoms with Crippen LogP contribution in [0.1, 0.15) is 6.42 Å². The average molecular weight is 174 g/mol. The molecule has 3 heteroatoms. The number of hydrogen-bond acceptors (Lipinski definition) is 3. The summed E-state index contributed by atoms with van der Waals surface area (Å²) in [6.07, 6.45) is 0.810. The molecule has 0 aromatic carbocycles. The highest BCUT2D eigenvalue weighted by Crippen LogP contribution is 1.82. The van der Waals surface area contributed by atoms with Crippen LogP contribution in [0.3, 0.4) is 0 Å². The highest BCUT2D eigenvalue weighted by molar-refractivity contribution is 4.37. The molecule has 0 atom stereocenters. The van der Waals surface area contributed by atoms with Gasteiger partial charge in [0, 0.05) is 13.2 Å². The van der Waals surface area contributed by atoms with Gasteiger partial charge in [-0.1, -0.05) is 6.92 Å². The van der Waals surface area contributed by atoms with Crippen LogP contribution in [0.4, 0.5) is 0 Å². The summed E-state index contributed by atoms with van der Waals surface area (Å²) < 4.78 is 15.3. The van der Waals surface area contributed by atoms with Crippen molar-refractivity contribution >= 4 is 0 Å². The second-order valence-corrected chi connectivity index (χ2v) is 2.19. The first-order valence-electron chi connectivity index (χ1n) is 4.23. The summed E-state index contributed by atoms with van der Waals surface area (Å²) in [6.45, 7) is 10.9. The second-order valence-electron chi connectivity index (χ2n) is 2.19. The molecule has 0 spiro atoms. The van der Waals surface area contributed by atoms with Crippen LogP contribution < -0.4 is 0 Å². The van der Waals surface area contributed by atoms with E-state index in [1.807, 2.05) is 0 Å². The third-order valence-corrected chi connectivity index (χ3v) is 1.18. The Bertz CT molecular complexity index is 66.2. The third-order valence-electron chi connectivity index (χ3n) is 1.18. The molecule has 0 heterocycles. The van der Waals surface area contributed by atoms with Gasteiger partial charge in [0.15, 0.2) is 0 Å². The van der Waals surface area contributed by atoms with Crippen molar-refractivity contribution < 1.29 is 14.2 Å². The Morgan fingerprint density at radius 1 is 0.667 bits per heavy atom. The maximum Gasteiger partial charge on any atom is 0.0701 e. The van der Waals surface area contributed by atoms with Gasteiger partial charge in [0.1, 0.15) is 0 Å². The van der Waals surface area contributed by atoms with Crippen LogP contribution >= 0.6 is 0 Å². The molecule has 72 valence electrons. The minimum atomic E-state index is 0.501. The first kappa shape index (κ1) is 11.9. The van der Waals surface area contributed by atoms with Crippen LogP contribution in [-0.4, -0.2) is 39.6 Å². The Morgan fingerprint density at radius 3 is 1.67 bits per heavy atom. The van der Waals surface area contributed by atoms with Crippen LogP contribution in [0.2, 0.25) is 0 Å². The van der Waals surface area contributed by atoms with Gasteiger partial charge in [0.05, 0.1) is 26.4 Å². The number of rotatable bonds is 9. The van der Waals surface area contributed by atoms with Crippen molar-refractivity contribution in [3.05, 3.63) is 13.8 Å². The van der Waals surface area contributed by atoms with E-state index in [1.165, 1.54) is 0 Å². The zero-order chi connectivity index (χ0) is 9.07. The van der Waals surface area contributed by atoms with E-state index in [9.17, 15) is 0 Å². The summed E-state index contributed by atoms with van der Waals surface area (Å²) >= 11 is 0. The van der Waals surface area contributed by atoms with E-state index in [2.05, 4.69) is 13.8 Å². The summed E-state index contributed by atoms with van der Waals surface area (Å²) in [5.41, 5.74) is 0. The van der Waals surface area contributed by atoms with Gasteiger partial charge in [-0.25, -0.2) is 0 Å². The van der Waals surface area contributed by atoms with E-state index < -0.39 is 0 Å². The Hall–Kier alpha value is -0.120. The smallest absolute Gasteiger partial charge is 0.0701 e. The zero-order valence-electron chi connectivity index (χ0n) is 7.59. The molecule has 0 aromatic heterocycles. The zero-order valence-corrected chi connectivity index (χ0v) is 7.59. The van der Waals surface area contributed by atoms with Crippen molar-refractivity contribution in [2.24, 2.45) is 0 Å². The highest BCUT2D eigenvalue weighted by Gasteiger charge is 1.88. The van der Waals surface area contributed by atoms with Crippen molar-refractivity contribution in [1.82, 2.24) is 0 Å². The molecule has 0 amide bonds. The maximum absolute atomic E-state index is 5.18. The standard InChI is InChI=1S/C9H18O3/c1-3-5-11-8-9-12-7-6-10-4-2/h1-9H2. The molecule has 12 heavy (non-hydrogen) atoms. The van der Waals surface area contributed by atoms with Crippen LogP contribution in [0, 0.1) is 13.8 Å². The fraction of sp³-hybridized carbons (Fsp3) is 0.778. The van der Waals surface area contributed by atoms with Gasteiger partial charge in [0.25, 0.3) is 0 Å². The summed E-state index contributed by atoms with van der Waals surface area (Å²) in [6, 6.07) is 0. The quantitative estimate of drug-likeness (QED) is 0.490. The van der Waals surface area contributed by atoms with Crippen molar-refractivity contribution in [3.63, 3.8) is 0 Å². The van der Waals surface area contributed by atoms with Gasteiger partial charge < -0.3 is 14.2 Å². The molecule has 0 aliphatic carbocycles. The van der Waals surface area contributed by atoms with Crippen molar-refractivity contribution in [1.29, 1.82) is 0 Å². The molecule has 2 radical (unpaired) electrons. The SMILES string of the molecule is [CH2]CCOCCOCCOC[CH2]. The molecule has 0 saturated carbocycles. The molecule has 0 rings (SSSR count). The summed E-state index contributed by atoms with van der Waals surface area (Å²) in [5.74, 6) is 0. The lowest BCUT2D eigenvalue weighted by Gasteiger charge is -2.04. The summed E-state index contributed by atoms with van der Waals surface area (Å²) in [4.78, 5) is 0. The van der Waals surface area contributed by atoms with E-state index in [0.29, 0.717) is 39.6 Å². The average Bonchev–Trinajstić information content (AvgIpc) is 2.10. The lowest BCUT2D eigenvalue weighted by Crippen LogP contribution is -2.09. The Labute approximate surface area is 75.0 Å². The lowest BCUT2D eigenvalue weighted by molar-refractivity contribution is 0.0201. The fourth-order valence-corrected chi connectivity index (χ4v) is 0.644.